The van der Waals surface area contributed by atoms with Gasteiger partial charge in [0.1, 0.15) is 5.82 Å². The van der Waals surface area contributed by atoms with Crippen molar-refractivity contribution in [3.63, 3.8) is 0 Å². The van der Waals surface area contributed by atoms with Gasteiger partial charge in [-0.05, 0) is 54.4 Å². The fourth-order valence-electron chi connectivity index (χ4n) is 3.52. The van der Waals surface area contributed by atoms with Crippen molar-refractivity contribution in [3.05, 3.63) is 35.6 Å². The second-order valence-corrected chi connectivity index (χ2v) is 6.65. The van der Waals surface area contributed by atoms with Gasteiger partial charge >= 0.3 is 0 Å². The molecule has 3 rings (SSSR count). The van der Waals surface area contributed by atoms with Crippen molar-refractivity contribution in [1.29, 1.82) is 0 Å². The molecular weight excluding hydrogens is 245 g/mol. The summed E-state index contributed by atoms with van der Waals surface area (Å²) in [5.74, 6) is 2.80. The molecule has 1 N–H and O–H groups in total. The lowest BCUT2D eigenvalue weighted by Crippen LogP contribution is -2.46. The van der Waals surface area contributed by atoms with E-state index in [1.807, 2.05) is 12.1 Å². The van der Waals surface area contributed by atoms with Gasteiger partial charge in [-0.25, -0.2) is 4.39 Å². The second-order valence-electron chi connectivity index (χ2n) is 5.55. The molecule has 1 spiro atoms. The van der Waals surface area contributed by atoms with E-state index in [1.165, 1.54) is 30.8 Å². The van der Waals surface area contributed by atoms with Gasteiger partial charge in [-0.3, -0.25) is 0 Å². The molecule has 0 aliphatic carbocycles. The molecule has 2 aliphatic heterocycles. The molecule has 2 unspecified atom stereocenters. The molecule has 0 radical (unpaired) electrons. The highest BCUT2D eigenvalue weighted by Crippen LogP contribution is 2.49. The molecule has 98 valence electrons. The van der Waals surface area contributed by atoms with Gasteiger partial charge in [-0.1, -0.05) is 18.2 Å². The van der Waals surface area contributed by atoms with Gasteiger partial charge in [0.2, 0.25) is 0 Å². The first-order chi connectivity index (χ1) is 8.82. The Hall–Kier alpha value is -0.540. The number of halogens is 1. The van der Waals surface area contributed by atoms with E-state index in [0.717, 1.165) is 18.7 Å². The van der Waals surface area contributed by atoms with Crippen LogP contribution in [0.15, 0.2) is 24.3 Å². The first-order valence-electron chi connectivity index (χ1n) is 6.85. The number of nitrogens with one attached hydrogen (secondary N) is 1. The van der Waals surface area contributed by atoms with E-state index < -0.39 is 0 Å². The maximum absolute atomic E-state index is 14.1. The van der Waals surface area contributed by atoms with E-state index in [2.05, 4.69) is 17.1 Å². The van der Waals surface area contributed by atoms with E-state index >= 15 is 0 Å². The highest BCUT2D eigenvalue weighted by atomic mass is 32.2. The van der Waals surface area contributed by atoms with E-state index in [9.17, 15) is 4.39 Å². The Morgan fingerprint density at radius 1 is 1.28 bits per heavy atom. The minimum absolute atomic E-state index is 0.0267. The molecule has 0 bridgehead atoms. The normalized spacial score (nSPS) is 32.6. The highest BCUT2D eigenvalue weighted by molar-refractivity contribution is 7.99. The number of thioether (sulfide) groups is 1. The van der Waals surface area contributed by atoms with Crippen molar-refractivity contribution in [1.82, 2.24) is 5.32 Å². The van der Waals surface area contributed by atoms with Crippen molar-refractivity contribution >= 4 is 11.8 Å². The van der Waals surface area contributed by atoms with Gasteiger partial charge in [-0.15, -0.1) is 0 Å². The fraction of sp³-hybridized carbons (Fsp3) is 0.600. The zero-order chi connectivity index (χ0) is 12.4. The summed E-state index contributed by atoms with van der Waals surface area (Å²) in [7, 11) is 0. The smallest absolute Gasteiger partial charge is 0.126 e. The number of rotatable bonds is 1. The molecule has 2 atom stereocenters. The third-order valence-electron chi connectivity index (χ3n) is 4.52. The quantitative estimate of drug-likeness (QED) is 0.835. The molecule has 18 heavy (non-hydrogen) atoms. The Bertz CT molecular complexity index is 406. The molecule has 1 aromatic carbocycles. The largest absolute Gasteiger partial charge is 0.316 e. The molecule has 2 fully saturated rings. The maximum atomic E-state index is 14.1. The Kier molecular flexibility index (Phi) is 3.62. The second kappa shape index (κ2) is 5.22. The van der Waals surface area contributed by atoms with Crippen LogP contribution in [-0.2, 0) is 0 Å². The third kappa shape index (κ3) is 2.19. The first kappa shape index (κ1) is 12.5. The SMILES string of the molecule is Fc1ccccc1C1CNCCC12CCCSC2. The molecule has 0 amide bonds. The Morgan fingerprint density at radius 2 is 2.17 bits per heavy atom. The first-order valence-corrected chi connectivity index (χ1v) is 8.00. The fourth-order valence-corrected chi connectivity index (χ4v) is 4.91. The molecule has 1 aromatic rings. The van der Waals surface area contributed by atoms with Crippen LogP contribution in [0.3, 0.4) is 0 Å². The van der Waals surface area contributed by atoms with Gasteiger partial charge < -0.3 is 5.32 Å². The monoisotopic (exact) mass is 265 g/mol. The van der Waals surface area contributed by atoms with Crippen molar-refractivity contribution < 1.29 is 4.39 Å². The van der Waals surface area contributed by atoms with Crippen LogP contribution in [0.1, 0.15) is 30.7 Å². The predicted octanol–water partition coefficient (Wildman–Crippen LogP) is 3.42. The lowest BCUT2D eigenvalue weighted by molar-refractivity contribution is 0.170. The summed E-state index contributed by atoms with van der Waals surface area (Å²) in [6.45, 7) is 2.02. The zero-order valence-electron chi connectivity index (χ0n) is 10.6. The molecule has 1 nitrogen and oxygen atoms in total. The van der Waals surface area contributed by atoms with Crippen LogP contribution in [0.25, 0.3) is 0 Å². The summed E-state index contributed by atoms with van der Waals surface area (Å²) >= 11 is 2.05. The molecule has 3 heteroatoms. The Labute approximate surface area is 113 Å². The van der Waals surface area contributed by atoms with Crippen LogP contribution in [0.5, 0.6) is 0 Å². The Morgan fingerprint density at radius 3 is 2.94 bits per heavy atom. The van der Waals surface area contributed by atoms with Crippen LogP contribution in [0.4, 0.5) is 4.39 Å². The van der Waals surface area contributed by atoms with Crippen molar-refractivity contribution in [2.24, 2.45) is 5.41 Å². The third-order valence-corrected chi connectivity index (χ3v) is 5.88. The summed E-state index contributed by atoms with van der Waals surface area (Å²) < 4.78 is 14.1. The minimum atomic E-state index is -0.0267. The van der Waals surface area contributed by atoms with Gasteiger partial charge in [0.25, 0.3) is 0 Å². The lowest BCUT2D eigenvalue weighted by atomic mass is 9.66. The number of benzene rings is 1. The molecule has 2 aliphatic rings. The van der Waals surface area contributed by atoms with Crippen molar-refractivity contribution in [2.75, 3.05) is 24.6 Å². The van der Waals surface area contributed by atoms with Crippen LogP contribution in [0.2, 0.25) is 0 Å². The topological polar surface area (TPSA) is 12.0 Å². The van der Waals surface area contributed by atoms with E-state index in [-0.39, 0.29) is 5.82 Å². The minimum Gasteiger partial charge on any atom is -0.316 e. The van der Waals surface area contributed by atoms with Crippen molar-refractivity contribution in [3.8, 4) is 0 Å². The lowest BCUT2D eigenvalue weighted by Gasteiger charge is -2.47. The molecule has 2 saturated heterocycles. The van der Waals surface area contributed by atoms with Crippen LogP contribution < -0.4 is 5.32 Å². The number of hydrogen-bond acceptors (Lipinski definition) is 2. The number of hydrogen-bond donors (Lipinski definition) is 1. The summed E-state index contributed by atoms with van der Waals surface area (Å²) in [6.07, 6.45) is 3.75. The van der Waals surface area contributed by atoms with Gasteiger partial charge in [0, 0.05) is 12.5 Å². The summed E-state index contributed by atoms with van der Waals surface area (Å²) in [5, 5.41) is 3.46. The van der Waals surface area contributed by atoms with Crippen molar-refractivity contribution in [2.45, 2.75) is 25.2 Å². The van der Waals surface area contributed by atoms with E-state index in [0.29, 0.717) is 11.3 Å². The highest BCUT2D eigenvalue weighted by Gasteiger charge is 2.43. The van der Waals surface area contributed by atoms with Crippen LogP contribution in [-0.4, -0.2) is 24.6 Å². The average Bonchev–Trinajstić information content (AvgIpc) is 2.41. The average molecular weight is 265 g/mol. The maximum Gasteiger partial charge on any atom is 0.126 e. The molecular formula is C15H20FNS. The van der Waals surface area contributed by atoms with Crippen LogP contribution >= 0.6 is 11.8 Å². The number of piperidine rings is 1. The predicted molar refractivity (Wildman–Crippen MR) is 75.6 cm³/mol. The summed E-state index contributed by atoms with van der Waals surface area (Å²) in [6, 6.07) is 7.34. The molecule has 2 heterocycles. The van der Waals surface area contributed by atoms with E-state index in [1.54, 1.807) is 12.1 Å². The summed E-state index contributed by atoms with van der Waals surface area (Å²) in [4.78, 5) is 0. The van der Waals surface area contributed by atoms with Crippen LogP contribution in [0, 0.1) is 11.2 Å². The van der Waals surface area contributed by atoms with E-state index in [4.69, 9.17) is 0 Å². The summed E-state index contributed by atoms with van der Waals surface area (Å²) in [5.41, 5.74) is 1.25. The van der Waals surface area contributed by atoms with Gasteiger partial charge in [0.15, 0.2) is 0 Å². The standard InChI is InChI=1S/C15H20FNS/c16-14-5-2-1-4-12(14)13-10-17-8-7-15(13)6-3-9-18-11-15/h1-2,4-5,13,17H,3,6-11H2. The van der Waals surface area contributed by atoms with Gasteiger partial charge in [-0.2, -0.15) is 11.8 Å². The molecule has 0 aromatic heterocycles. The zero-order valence-corrected chi connectivity index (χ0v) is 11.4. The molecule has 0 saturated carbocycles. The Balaban J connectivity index is 1.94. The van der Waals surface area contributed by atoms with Gasteiger partial charge in [0.05, 0.1) is 0 Å².